The first kappa shape index (κ1) is 13.5. The van der Waals surface area contributed by atoms with Crippen molar-refractivity contribution in [2.75, 3.05) is 26.2 Å². The smallest absolute Gasteiger partial charge is 0.0598 e. The first-order valence-corrected chi connectivity index (χ1v) is 6.33. The van der Waals surface area contributed by atoms with Crippen LogP contribution >= 0.6 is 0 Å². The molecule has 0 amide bonds. The minimum absolute atomic E-state index is 0.144. The number of nitrogens with one attached hydrogen (secondary N) is 1. The van der Waals surface area contributed by atoms with E-state index < -0.39 is 0 Å². The molecule has 0 bridgehead atoms. The van der Waals surface area contributed by atoms with E-state index in [2.05, 4.69) is 16.1 Å². The summed E-state index contributed by atoms with van der Waals surface area (Å²) in [6.45, 7) is 5.91. The third-order valence-electron chi connectivity index (χ3n) is 3.28. The summed E-state index contributed by atoms with van der Waals surface area (Å²) in [5.74, 6) is 2.69. The summed E-state index contributed by atoms with van der Waals surface area (Å²) in [6.07, 6.45) is 9.20. The van der Waals surface area contributed by atoms with Gasteiger partial charge in [0.05, 0.1) is 12.6 Å². The Morgan fingerprint density at radius 1 is 1.50 bits per heavy atom. The summed E-state index contributed by atoms with van der Waals surface area (Å²) in [4.78, 5) is 2.32. The molecule has 1 heterocycles. The first-order valence-electron chi connectivity index (χ1n) is 6.33. The predicted octanol–water partition coefficient (Wildman–Crippen LogP) is 0.835. The molecule has 1 unspecified atom stereocenters. The fourth-order valence-electron chi connectivity index (χ4n) is 2.08. The fourth-order valence-corrected chi connectivity index (χ4v) is 2.08. The molecule has 92 valence electrons. The molecule has 0 aliphatic carbocycles. The predicted molar refractivity (Wildman–Crippen MR) is 67.2 cm³/mol. The molecule has 0 aromatic heterocycles. The lowest BCUT2D eigenvalue weighted by molar-refractivity contribution is 0.154. The van der Waals surface area contributed by atoms with E-state index in [-0.39, 0.29) is 6.10 Å². The van der Waals surface area contributed by atoms with Crippen LogP contribution in [-0.4, -0.2) is 48.3 Å². The first-order chi connectivity index (χ1) is 7.76. The minimum Gasteiger partial charge on any atom is -0.393 e. The van der Waals surface area contributed by atoms with Crippen molar-refractivity contribution in [2.45, 2.75) is 44.8 Å². The van der Waals surface area contributed by atoms with Gasteiger partial charge in [0.2, 0.25) is 0 Å². The average Bonchev–Trinajstić information content (AvgIpc) is 2.31. The minimum atomic E-state index is -0.144. The summed E-state index contributed by atoms with van der Waals surface area (Å²) in [6, 6.07) is 0.609. The quantitative estimate of drug-likeness (QED) is 0.656. The van der Waals surface area contributed by atoms with E-state index in [9.17, 15) is 5.11 Å². The van der Waals surface area contributed by atoms with Gasteiger partial charge >= 0.3 is 0 Å². The van der Waals surface area contributed by atoms with E-state index in [0.29, 0.717) is 6.04 Å². The zero-order chi connectivity index (χ0) is 11.8. The number of piperidine rings is 1. The lowest BCUT2D eigenvalue weighted by Gasteiger charge is -2.31. The van der Waals surface area contributed by atoms with Crippen LogP contribution in [0.5, 0.6) is 0 Å². The summed E-state index contributed by atoms with van der Waals surface area (Å²) < 4.78 is 0. The van der Waals surface area contributed by atoms with Gasteiger partial charge in [-0.1, -0.05) is 12.8 Å². The maximum absolute atomic E-state index is 9.43. The van der Waals surface area contributed by atoms with Gasteiger partial charge in [-0.3, -0.25) is 4.90 Å². The third kappa shape index (κ3) is 4.98. The van der Waals surface area contributed by atoms with Crippen LogP contribution in [0, 0.1) is 12.3 Å². The molecule has 1 atom stereocenters. The van der Waals surface area contributed by atoms with E-state index in [1.807, 2.05) is 6.92 Å². The van der Waals surface area contributed by atoms with Crippen LogP contribution in [-0.2, 0) is 0 Å². The molecular formula is C13H24N2O. The molecular weight excluding hydrogens is 200 g/mol. The largest absolute Gasteiger partial charge is 0.393 e. The highest BCUT2D eigenvalue weighted by Crippen LogP contribution is 2.09. The van der Waals surface area contributed by atoms with Gasteiger partial charge in [0.15, 0.2) is 0 Å². The van der Waals surface area contributed by atoms with Crippen molar-refractivity contribution in [1.29, 1.82) is 0 Å². The second-order valence-corrected chi connectivity index (χ2v) is 4.56. The fraction of sp³-hybridized carbons (Fsp3) is 0.846. The standard InChI is InChI=1S/C13H24N2O/c1-3-9-15-10-6-12(7-11-15)14-8-5-13(16)4-2/h1,12-14,16H,4-11H2,2H3. The maximum atomic E-state index is 9.43. The topological polar surface area (TPSA) is 35.5 Å². The van der Waals surface area contributed by atoms with E-state index in [0.717, 1.165) is 39.0 Å². The molecule has 0 aromatic rings. The van der Waals surface area contributed by atoms with Gasteiger partial charge < -0.3 is 10.4 Å². The van der Waals surface area contributed by atoms with Gasteiger partial charge in [0.25, 0.3) is 0 Å². The molecule has 1 saturated heterocycles. The normalized spacial score (nSPS) is 20.6. The van der Waals surface area contributed by atoms with E-state index in [4.69, 9.17) is 6.42 Å². The molecule has 16 heavy (non-hydrogen) atoms. The number of aliphatic hydroxyl groups is 1. The van der Waals surface area contributed by atoms with Crippen molar-refractivity contribution < 1.29 is 5.11 Å². The van der Waals surface area contributed by atoms with Crippen LogP contribution in [0.2, 0.25) is 0 Å². The summed E-state index contributed by atoms with van der Waals surface area (Å²) >= 11 is 0. The Morgan fingerprint density at radius 3 is 2.75 bits per heavy atom. The van der Waals surface area contributed by atoms with Crippen LogP contribution in [0.4, 0.5) is 0 Å². The number of rotatable bonds is 6. The van der Waals surface area contributed by atoms with Gasteiger partial charge in [0.1, 0.15) is 0 Å². The van der Waals surface area contributed by atoms with Gasteiger partial charge in [-0.2, -0.15) is 0 Å². The van der Waals surface area contributed by atoms with Crippen molar-refractivity contribution in [3.8, 4) is 12.3 Å². The van der Waals surface area contributed by atoms with E-state index in [1.54, 1.807) is 0 Å². The lowest BCUT2D eigenvalue weighted by atomic mass is 10.0. The van der Waals surface area contributed by atoms with Crippen molar-refractivity contribution in [3.63, 3.8) is 0 Å². The van der Waals surface area contributed by atoms with Crippen molar-refractivity contribution in [1.82, 2.24) is 10.2 Å². The summed E-state index contributed by atoms with van der Waals surface area (Å²) in [5.41, 5.74) is 0. The number of aliphatic hydroxyl groups excluding tert-OH is 1. The molecule has 1 rings (SSSR count). The van der Waals surface area contributed by atoms with E-state index in [1.165, 1.54) is 12.8 Å². The second-order valence-electron chi connectivity index (χ2n) is 4.56. The lowest BCUT2D eigenvalue weighted by Crippen LogP contribution is -2.43. The Bertz CT molecular complexity index is 216. The highest BCUT2D eigenvalue weighted by molar-refractivity contribution is 4.90. The zero-order valence-electron chi connectivity index (χ0n) is 10.3. The third-order valence-corrected chi connectivity index (χ3v) is 3.28. The van der Waals surface area contributed by atoms with Crippen LogP contribution in [0.25, 0.3) is 0 Å². The summed E-state index contributed by atoms with van der Waals surface area (Å²) in [5, 5.41) is 12.9. The van der Waals surface area contributed by atoms with Crippen molar-refractivity contribution in [2.24, 2.45) is 0 Å². The zero-order valence-corrected chi connectivity index (χ0v) is 10.3. The van der Waals surface area contributed by atoms with Crippen LogP contribution in [0.1, 0.15) is 32.6 Å². The molecule has 3 nitrogen and oxygen atoms in total. The molecule has 1 aliphatic rings. The molecule has 0 spiro atoms. The number of terminal acetylenes is 1. The van der Waals surface area contributed by atoms with Crippen LogP contribution < -0.4 is 5.32 Å². The van der Waals surface area contributed by atoms with Gasteiger partial charge in [0, 0.05) is 19.1 Å². The molecule has 0 radical (unpaired) electrons. The second kappa shape index (κ2) is 7.67. The monoisotopic (exact) mass is 224 g/mol. The average molecular weight is 224 g/mol. The molecule has 1 fully saturated rings. The highest BCUT2D eigenvalue weighted by atomic mass is 16.3. The number of hydrogen-bond acceptors (Lipinski definition) is 3. The Kier molecular flexibility index (Phi) is 6.47. The summed E-state index contributed by atoms with van der Waals surface area (Å²) in [7, 11) is 0. The van der Waals surface area contributed by atoms with Gasteiger partial charge in [-0.05, 0) is 32.2 Å². The molecule has 3 heteroatoms. The highest BCUT2D eigenvalue weighted by Gasteiger charge is 2.17. The van der Waals surface area contributed by atoms with Crippen LogP contribution in [0.3, 0.4) is 0 Å². The molecule has 0 saturated carbocycles. The molecule has 0 aromatic carbocycles. The number of nitrogens with zero attached hydrogens (tertiary/aromatic N) is 1. The Hall–Kier alpha value is -0.560. The number of likely N-dealkylation sites (tertiary alicyclic amines) is 1. The maximum Gasteiger partial charge on any atom is 0.0598 e. The molecule has 2 N–H and O–H groups in total. The van der Waals surface area contributed by atoms with Crippen molar-refractivity contribution >= 4 is 0 Å². The Balaban J connectivity index is 2.06. The molecule has 1 aliphatic heterocycles. The Labute approximate surface area is 99.2 Å². The Morgan fingerprint density at radius 2 is 2.19 bits per heavy atom. The van der Waals surface area contributed by atoms with Crippen molar-refractivity contribution in [3.05, 3.63) is 0 Å². The van der Waals surface area contributed by atoms with Gasteiger partial charge in [-0.25, -0.2) is 0 Å². The van der Waals surface area contributed by atoms with Gasteiger partial charge in [-0.15, -0.1) is 6.42 Å². The number of hydrogen-bond donors (Lipinski definition) is 2. The van der Waals surface area contributed by atoms with E-state index >= 15 is 0 Å². The van der Waals surface area contributed by atoms with Crippen LogP contribution in [0.15, 0.2) is 0 Å². The SMILES string of the molecule is C#CCN1CCC(NCCC(O)CC)CC1.